The number of hydrogen-bond acceptors (Lipinski definition) is 2. The van der Waals surface area contributed by atoms with Crippen LogP contribution in [-0.2, 0) is 9.59 Å². The lowest BCUT2D eigenvalue weighted by Crippen LogP contribution is -2.29. The van der Waals surface area contributed by atoms with Gasteiger partial charge in [0.25, 0.3) is 0 Å². The third-order valence-electron chi connectivity index (χ3n) is 3.28. The highest BCUT2D eigenvalue weighted by atomic mass is 127. The van der Waals surface area contributed by atoms with Crippen molar-refractivity contribution in [2.45, 2.75) is 19.3 Å². The van der Waals surface area contributed by atoms with E-state index in [2.05, 4.69) is 27.9 Å². The fourth-order valence-corrected chi connectivity index (χ4v) is 2.70. The van der Waals surface area contributed by atoms with Crippen molar-refractivity contribution >= 4 is 40.2 Å². The van der Waals surface area contributed by atoms with E-state index in [0.717, 1.165) is 15.7 Å². The molecule has 96 valence electrons. The molecule has 1 saturated carbocycles. The van der Waals surface area contributed by atoms with Gasteiger partial charge in [0.15, 0.2) is 0 Å². The summed E-state index contributed by atoms with van der Waals surface area (Å²) >= 11 is 2.19. The predicted octanol–water partition coefficient (Wildman–Crippen LogP) is 2.73. The Hall–Kier alpha value is -1.11. The Balaban J connectivity index is 2.03. The zero-order chi connectivity index (χ0) is 13.1. The second-order valence-corrected chi connectivity index (χ2v) is 5.72. The highest BCUT2D eigenvalue weighted by Gasteiger charge is 2.37. The van der Waals surface area contributed by atoms with Gasteiger partial charge in [-0.05, 0) is 59.7 Å². The first-order valence-corrected chi connectivity index (χ1v) is 6.95. The van der Waals surface area contributed by atoms with Crippen molar-refractivity contribution in [1.82, 2.24) is 0 Å². The van der Waals surface area contributed by atoms with Crippen LogP contribution >= 0.6 is 22.6 Å². The van der Waals surface area contributed by atoms with Crippen LogP contribution in [-0.4, -0.2) is 17.0 Å². The Morgan fingerprint density at radius 2 is 1.78 bits per heavy atom. The zero-order valence-corrected chi connectivity index (χ0v) is 11.9. The van der Waals surface area contributed by atoms with E-state index >= 15 is 0 Å². The Labute approximate surface area is 119 Å². The van der Waals surface area contributed by atoms with Crippen molar-refractivity contribution in [1.29, 1.82) is 0 Å². The smallest absolute Gasteiger partial charge is 0.307 e. The summed E-state index contributed by atoms with van der Waals surface area (Å²) in [5.74, 6) is -1.98. The van der Waals surface area contributed by atoms with Gasteiger partial charge in [0.2, 0.25) is 5.91 Å². The van der Waals surface area contributed by atoms with E-state index in [9.17, 15) is 9.59 Å². The molecule has 2 N–H and O–H groups in total. The van der Waals surface area contributed by atoms with Crippen molar-refractivity contribution in [3.63, 3.8) is 0 Å². The summed E-state index contributed by atoms with van der Waals surface area (Å²) in [4.78, 5) is 23.1. The number of anilines is 1. The van der Waals surface area contributed by atoms with Crippen molar-refractivity contribution in [3.05, 3.63) is 27.8 Å². The van der Waals surface area contributed by atoms with E-state index in [0.29, 0.717) is 12.8 Å². The molecule has 5 heteroatoms. The summed E-state index contributed by atoms with van der Waals surface area (Å²) < 4.78 is 1.09. The average molecular weight is 359 g/mol. The normalized spacial score (nSPS) is 22.7. The monoisotopic (exact) mass is 359 g/mol. The van der Waals surface area contributed by atoms with Gasteiger partial charge in [-0.1, -0.05) is 6.42 Å². The van der Waals surface area contributed by atoms with Gasteiger partial charge < -0.3 is 10.4 Å². The van der Waals surface area contributed by atoms with Crippen molar-refractivity contribution in [2.24, 2.45) is 11.8 Å². The van der Waals surface area contributed by atoms with Crippen LogP contribution in [0, 0.1) is 15.4 Å². The summed E-state index contributed by atoms with van der Waals surface area (Å²) in [6.07, 6.45) is 2.06. The molecule has 0 unspecified atom stereocenters. The number of benzene rings is 1. The lowest BCUT2D eigenvalue weighted by molar-refractivity contribution is -0.145. The second kappa shape index (κ2) is 5.69. The average Bonchev–Trinajstić information content (AvgIpc) is 2.81. The summed E-state index contributed by atoms with van der Waals surface area (Å²) in [6.45, 7) is 0. The Morgan fingerprint density at radius 3 is 2.39 bits per heavy atom. The van der Waals surface area contributed by atoms with Gasteiger partial charge in [0.05, 0.1) is 11.8 Å². The van der Waals surface area contributed by atoms with Gasteiger partial charge in [-0.2, -0.15) is 0 Å². The maximum absolute atomic E-state index is 12.0. The standard InChI is InChI=1S/C13H14INO3/c14-8-4-6-9(7-5-8)15-12(16)10-2-1-3-11(10)13(17)18/h4-7,10-11H,1-3H2,(H,15,16)(H,17,18)/t10-,11+/m1/s1. The van der Waals surface area contributed by atoms with Crippen molar-refractivity contribution in [3.8, 4) is 0 Å². The fourth-order valence-electron chi connectivity index (χ4n) is 2.34. The molecule has 0 saturated heterocycles. The molecule has 0 heterocycles. The Morgan fingerprint density at radius 1 is 1.17 bits per heavy atom. The van der Waals surface area contributed by atoms with E-state index in [4.69, 9.17) is 5.11 Å². The maximum Gasteiger partial charge on any atom is 0.307 e. The van der Waals surface area contributed by atoms with Crippen molar-refractivity contribution in [2.75, 3.05) is 5.32 Å². The quantitative estimate of drug-likeness (QED) is 0.816. The largest absolute Gasteiger partial charge is 0.481 e. The molecule has 4 nitrogen and oxygen atoms in total. The highest BCUT2D eigenvalue weighted by molar-refractivity contribution is 14.1. The molecule has 1 aliphatic rings. The number of carbonyl (C=O) groups excluding carboxylic acids is 1. The van der Waals surface area contributed by atoms with Crippen LogP contribution in [0.25, 0.3) is 0 Å². The molecular formula is C13H14INO3. The summed E-state index contributed by atoms with van der Waals surface area (Å²) in [6, 6.07) is 7.45. The third kappa shape index (κ3) is 3.01. The molecule has 0 radical (unpaired) electrons. The third-order valence-corrected chi connectivity index (χ3v) is 4.00. The van der Waals surface area contributed by atoms with Gasteiger partial charge in [-0.15, -0.1) is 0 Å². The van der Waals surface area contributed by atoms with Crippen LogP contribution in [0.3, 0.4) is 0 Å². The summed E-state index contributed by atoms with van der Waals surface area (Å²) in [5.41, 5.74) is 0.719. The minimum Gasteiger partial charge on any atom is -0.481 e. The number of hydrogen-bond donors (Lipinski definition) is 2. The molecule has 2 rings (SSSR count). The first-order chi connectivity index (χ1) is 8.58. The molecule has 0 aliphatic heterocycles. The molecule has 1 aromatic carbocycles. The minimum absolute atomic E-state index is 0.180. The molecule has 0 bridgehead atoms. The molecular weight excluding hydrogens is 345 g/mol. The molecule has 0 spiro atoms. The van der Waals surface area contributed by atoms with E-state index in [1.54, 1.807) is 0 Å². The molecule has 0 aromatic heterocycles. The van der Waals surface area contributed by atoms with Crippen molar-refractivity contribution < 1.29 is 14.7 Å². The number of nitrogens with one attached hydrogen (secondary N) is 1. The van der Waals surface area contributed by atoms with Gasteiger partial charge >= 0.3 is 5.97 Å². The maximum atomic E-state index is 12.0. The lowest BCUT2D eigenvalue weighted by Gasteiger charge is -2.15. The van der Waals surface area contributed by atoms with E-state index in [1.807, 2.05) is 24.3 Å². The van der Waals surface area contributed by atoms with E-state index in [-0.39, 0.29) is 5.91 Å². The van der Waals surface area contributed by atoms with Gasteiger partial charge in [-0.25, -0.2) is 0 Å². The Bertz CT molecular complexity index is 458. The molecule has 2 atom stereocenters. The van der Waals surface area contributed by atoms with Crippen LogP contribution in [0.15, 0.2) is 24.3 Å². The Kier molecular flexibility index (Phi) is 4.21. The van der Waals surface area contributed by atoms with Crippen LogP contribution in [0.1, 0.15) is 19.3 Å². The summed E-state index contributed by atoms with van der Waals surface area (Å²) in [5, 5.41) is 11.8. The fraction of sp³-hybridized carbons (Fsp3) is 0.385. The van der Waals surface area contributed by atoms with Crippen LogP contribution in [0.2, 0.25) is 0 Å². The predicted molar refractivity (Wildman–Crippen MR) is 76.3 cm³/mol. The zero-order valence-electron chi connectivity index (χ0n) is 9.73. The summed E-state index contributed by atoms with van der Waals surface area (Å²) in [7, 11) is 0. The van der Waals surface area contributed by atoms with E-state index < -0.39 is 17.8 Å². The van der Waals surface area contributed by atoms with E-state index in [1.165, 1.54) is 0 Å². The highest BCUT2D eigenvalue weighted by Crippen LogP contribution is 2.32. The molecule has 1 aliphatic carbocycles. The number of halogens is 1. The number of carbonyl (C=O) groups is 2. The first-order valence-electron chi connectivity index (χ1n) is 5.87. The topological polar surface area (TPSA) is 66.4 Å². The lowest BCUT2D eigenvalue weighted by atomic mass is 9.95. The number of amides is 1. The molecule has 1 amide bonds. The SMILES string of the molecule is O=C(O)[C@H]1CCC[C@H]1C(=O)Nc1ccc(I)cc1. The van der Waals surface area contributed by atoms with Gasteiger partial charge in [0.1, 0.15) is 0 Å². The molecule has 1 fully saturated rings. The van der Waals surface area contributed by atoms with Gasteiger partial charge in [0, 0.05) is 9.26 Å². The molecule has 18 heavy (non-hydrogen) atoms. The minimum atomic E-state index is -0.865. The van der Waals surface area contributed by atoms with Crippen LogP contribution in [0.4, 0.5) is 5.69 Å². The van der Waals surface area contributed by atoms with Gasteiger partial charge in [-0.3, -0.25) is 9.59 Å². The number of carboxylic acid groups (broad SMARTS) is 1. The second-order valence-electron chi connectivity index (χ2n) is 4.48. The number of carboxylic acids is 1. The van der Waals surface area contributed by atoms with Crippen LogP contribution < -0.4 is 5.32 Å². The number of rotatable bonds is 3. The van der Waals surface area contributed by atoms with Crippen LogP contribution in [0.5, 0.6) is 0 Å². The number of aliphatic carboxylic acids is 1. The first kappa shape index (κ1) is 13.3. The molecule has 1 aromatic rings.